The van der Waals surface area contributed by atoms with E-state index in [1.165, 1.54) is 0 Å². The number of aromatic nitrogens is 1. The molecule has 0 radical (unpaired) electrons. The lowest BCUT2D eigenvalue weighted by molar-refractivity contribution is -0.133. The summed E-state index contributed by atoms with van der Waals surface area (Å²) in [5.74, 6) is 0.540. The van der Waals surface area contributed by atoms with Gasteiger partial charge in [0.1, 0.15) is 11.8 Å². The van der Waals surface area contributed by atoms with Gasteiger partial charge in [0.15, 0.2) is 0 Å². The molecule has 1 saturated heterocycles. The lowest BCUT2D eigenvalue weighted by atomic mass is 10.2. The van der Waals surface area contributed by atoms with Crippen molar-refractivity contribution in [1.29, 1.82) is 0 Å². The van der Waals surface area contributed by atoms with Crippen molar-refractivity contribution in [3.8, 4) is 5.75 Å². The number of rotatable bonds is 3. The van der Waals surface area contributed by atoms with Crippen LogP contribution >= 0.6 is 0 Å². The third-order valence-electron chi connectivity index (χ3n) is 3.24. The normalized spacial score (nSPS) is 19.6. The molecule has 6 heteroatoms. The van der Waals surface area contributed by atoms with Gasteiger partial charge in [-0.05, 0) is 13.8 Å². The standard InChI is InChI=1S/C14H19N3O3/c1-9-6-12(20-3)7-11(15-9)8-17-5-4-13(18)16-10(2)14(17)19/h6-7,10H,4-5,8H2,1-3H3,(H,16,18). The summed E-state index contributed by atoms with van der Waals surface area (Å²) in [7, 11) is 1.60. The molecule has 1 aliphatic rings. The van der Waals surface area contributed by atoms with Gasteiger partial charge in [-0.1, -0.05) is 0 Å². The van der Waals surface area contributed by atoms with Crippen LogP contribution in [0.2, 0.25) is 0 Å². The molecular weight excluding hydrogens is 258 g/mol. The molecule has 1 atom stereocenters. The van der Waals surface area contributed by atoms with E-state index in [-0.39, 0.29) is 11.8 Å². The molecule has 20 heavy (non-hydrogen) atoms. The second-order valence-corrected chi connectivity index (χ2v) is 4.94. The maximum Gasteiger partial charge on any atom is 0.245 e. The number of hydrogen-bond donors (Lipinski definition) is 1. The zero-order valence-electron chi connectivity index (χ0n) is 12.0. The van der Waals surface area contributed by atoms with Crippen LogP contribution in [0, 0.1) is 6.92 Å². The predicted octanol–water partition coefficient (Wildman–Crippen LogP) is 0.636. The Morgan fingerprint density at radius 2 is 2.20 bits per heavy atom. The van der Waals surface area contributed by atoms with Crippen molar-refractivity contribution in [2.24, 2.45) is 0 Å². The first-order valence-electron chi connectivity index (χ1n) is 6.59. The summed E-state index contributed by atoms with van der Waals surface area (Å²) >= 11 is 0. The first kappa shape index (κ1) is 14.3. The number of carbonyl (C=O) groups excluding carboxylic acids is 2. The van der Waals surface area contributed by atoms with Crippen molar-refractivity contribution < 1.29 is 14.3 Å². The number of hydrogen-bond acceptors (Lipinski definition) is 4. The van der Waals surface area contributed by atoms with Gasteiger partial charge in [-0.3, -0.25) is 14.6 Å². The van der Waals surface area contributed by atoms with Crippen LogP contribution < -0.4 is 10.1 Å². The van der Waals surface area contributed by atoms with Crippen molar-refractivity contribution in [3.63, 3.8) is 0 Å². The molecule has 2 amide bonds. The van der Waals surface area contributed by atoms with Gasteiger partial charge >= 0.3 is 0 Å². The van der Waals surface area contributed by atoms with E-state index in [2.05, 4.69) is 10.3 Å². The average Bonchev–Trinajstić information content (AvgIpc) is 2.51. The van der Waals surface area contributed by atoms with Crippen LogP contribution in [0.5, 0.6) is 5.75 Å². The molecule has 2 rings (SSSR count). The topological polar surface area (TPSA) is 71.5 Å². The second kappa shape index (κ2) is 5.90. The number of carbonyl (C=O) groups is 2. The molecule has 0 aromatic carbocycles. The van der Waals surface area contributed by atoms with Gasteiger partial charge in [-0.25, -0.2) is 0 Å². The molecule has 1 N–H and O–H groups in total. The van der Waals surface area contributed by atoms with Gasteiger partial charge in [0.2, 0.25) is 11.8 Å². The minimum atomic E-state index is -0.489. The van der Waals surface area contributed by atoms with Crippen LogP contribution in [0.1, 0.15) is 24.7 Å². The van der Waals surface area contributed by atoms with Crippen LogP contribution in [0.15, 0.2) is 12.1 Å². The maximum atomic E-state index is 12.2. The minimum Gasteiger partial charge on any atom is -0.497 e. The monoisotopic (exact) mass is 277 g/mol. The van der Waals surface area contributed by atoms with Crippen LogP contribution in [0.4, 0.5) is 0 Å². The molecule has 6 nitrogen and oxygen atoms in total. The van der Waals surface area contributed by atoms with E-state index in [1.807, 2.05) is 19.1 Å². The number of ether oxygens (including phenoxy) is 1. The average molecular weight is 277 g/mol. The summed E-state index contributed by atoms with van der Waals surface area (Å²) in [4.78, 5) is 29.7. The van der Waals surface area contributed by atoms with Crippen molar-refractivity contribution in [3.05, 3.63) is 23.5 Å². The molecule has 1 aromatic rings. The van der Waals surface area contributed by atoms with Crippen LogP contribution in [-0.4, -0.2) is 41.4 Å². The van der Waals surface area contributed by atoms with Crippen molar-refractivity contribution in [1.82, 2.24) is 15.2 Å². The fourth-order valence-electron chi connectivity index (χ4n) is 2.25. The highest BCUT2D eigenvalue weighted by Crippen LogP contribution is 2.16. The molecule has 2 heterocycles. The van der Waals surface area contributed by atoms with Gasteiger partial charge < -0.3 is 15.0 Å². The van der Waals surface area contributed by atoms with Gasteiger partial charge in [0.05, 0.1) is 19.3 Å². The van der Waals surface area contributed by atoms with Crippen molar-refractivity contribution >= 4 is 11.8 Å². The quantitative estimate of drug-likeness (QED) is 0.880. The van der Waals surface area contributed by atoms with Crippen LogP contribution in [-0.2, 0) is 16.1 Å². The summed E-state index contributed by atoms with van der Waals surface area (Å²) in [6.07, 6.45) is 0.318. The zero-order chi connectivity index (χ0) is 14.7. The van der Waals surface area contributed by atoms with E-state index in [0.717, 1.165) is 17.1 Å². The Morgan fingerprint density at radius 3 is 2.90 bits per heavy atom. The molecule has 0 saturated carbocycles. The molecule has 0 aliphatic carbocycles. The molecule has 0 spiro atoms. The van der Waals surface area contributed by atoms with Crippen LogP contribution in [0.25, 0.3) is 0 Å². The Balaban J connectivity index is 2.17. The number of pyridine rings is 1. The Labute approximate surface area is 118 Å². The van der Waals surface area contributed by atoms with E-state index >= 15 is 0 Å². The molecular formula is C14H19N3O3. The van der Waals surface area contributed by atoms with E-state index in [4.69, 9.17) is 4.74 Å². The molecule has 1 aliphatic heterocycles. The number of nitrogens with one attached hydrogen (secondary N) is 1. The fraction of sp³-hybridized carbons (Fsp3) is 0.500. The molecule has 1 unspecified atom stereocenters. The van der Waals surface area contributed by atoms with E-state index in [1.54, 1.807) is 18.9 Å². The molecule has 0 bridgehead atoms. The summed E-state index contributed by atoms with van der Waals surface area (Å²) in [6.45, 7) is 4.37. The number of nitrogens with zero attached hydrogens (tertiary/aromatic N) is 2. The third-order valence-corrected chi connectivity index (χ3v) is 3.24. The van der Waals surface area contributed by atoms with E-state index in [0.29, 0.717) is 19.5 Å². The zero-order valence-corrected chi connectivity index (χ0v) is 12.0. The van der Waals surface area contributed by atoms with Crippen molar-refractivity contribution in [2.75, 3.05) is 13.7 Å². The summed E-state index contributed by atoms with van der Waals surface area (Å²) in [5.41, 5.74) is 1.60. The Morgan fingerprint density at radius 1 is 1.45 bits per heavy atom. The van der Waals surface area contributed by atoms with Gasteiger partial charge in [-0.15, -0.1) is 0 Å². The Hall–Kier alpha value is -2.11. The lowest BCUT2D eigenvalue weighted by Gasteiger charge is -2.22. The Kier molecular flexibility index (Phi) is 4.22. The molecule has 1 fully saturated rings. The van der Waals surface area contributed by atoms with Gasteiger partial charge in [-0.2, -0.15) is 0 Å². The van der Waals surface area contributed by atoms with Gasteiger partial charge in [0.25, 0.3) is 0 Å². The first-order chi connectivity index (χ1) is 9.49. The lowest BCUT2D eigenvalue weighted by Crippen LogP contribution is -2.42. The summed E-state index contributed by atoms with van der Waals surface area (Å²) < 4.78 is 5.20. The largest absolute Gasteiger partial charge is 0.497 e. The number of aryl methyl sites for hydroxylation is 1. The van der Waals surface area contributed by atoms with Crippen LogP contribution in [0.3, 0.4) is 0 Å². The van der Waals surface area contributed by atoms with E-state index in [9.17, 15) is 9.59 Å². The van der Waals surface area contributed by atoms with Gasteiger partial charge in [0, 0.05) is 30.8 Å². The minimum absolute atomic E-state index is 0.0851. The number of amides is 2. The number of methoxy groups -OCH3 is 1. The van der Waals surface area contributed by atoms with E-state index < -0.39 is 6.04 Å². The summed E-state index contributed by atoms with van der Waals surface area (Å²) in [6, 6.07) is 3.16. The third kappa shape index (κ3) is 3.26. The fourth-order valence-corrected chi connectivity index (χ4v) is 2.25. The first-order valence-corrected chi connectivity index (χ1v) is 6.59. The summed E-state index contributed by atoms with van der Waals surface area (Å²) in [5, 5.41) is 2.67. The highest BCUT2D eigenvalue weighted by molar-refractivity contribution is 5.89. The Bertz CT molecular complexity index is 530. The highest BCUT2D eigenvalue weighted by Gasteiger charge is 2.26. The SMILES string of the molecule is COc1cc(C)nc(CN2CCC(=O)NC(C)C2=O)c1. The maximum absolute atomic E-state index is 12.2. The molecule has 108 valence electrons. The predicted molar refractivity (Wildman–Crippen MR) is 73.2 cm³/mol. The highest BCUT2D eigenvalue weighted by atomic mass is 16.5. The second-order valence-electron chi connectivity index (χ2n) is 4.94. The molecule has 1 aromatic heterocycles. The smallest absolute Gasteiger partial charge is 0.245 e. The van der Waals surface area contributed by atoms with Crippen molar-refractivity contribution in [2.45, 2.75) is 32.9 Å².